The van der Waals surface area contributed by atoms with Crippen molar-refractivity contribution >= 4 is 17.8 Å². The molecule has 0 aliphatic carbocycles. The van der Waals surface area contributed by atoms with E-state index in [1.54, 1.807) is 26.0 Å². The molecular weight excluding hydrogens is 322 g/mol. The molecule has 0 unspecified atom stereocenters. The fourth-order valence-corrected chi connectivity index (χ4v) is 2.71. The van der Waals surface area contributed by atoms with Crippen LogP contribution in [0, 0.1) is 6.92 Å². The van der Waals surface area contributed by atoms with Gasteiger partial charge in [-0.1, -0.05) is 30.3 Å². The Hall–Kier alpha value is -3.09. The zero-order chi connectivity index (χ0) is 18.0. The molecule has 1 atom stereocenters. The summed E-state index contributed by atoms with van der Waals surface area (Å²) in [4.78, 5) is 37.8. The van der Waals surface area contributed by atoms with E-state index in [0.717, 1.165) is 10.5 Å². The first-order chi connectivity index (χ1) is 11.9. The van der Waals surface area contributed by atoms with E-state index in [9.17, 15) is 14.4 Å². The summed E-state index contributed by atoms with van der Waals surface area (Å²) in [5.41, 5.74) is -0.366. The molecule has 7 nitrogen and oxygen atoms in total. The van der Waals surface area contributed by atoms with Gasteiger partial charge in [0.2, 0.25) is 5.91 Å². The average Bonchev–Trinajstić information content (AvgIpc) is 3.12. The molecule has 3 rings (SSSR count). The number of nitrogens with zero attached hydrogens (tertiary/aromatic N) is 1. The highest BCUT2D eigenvalue weighted by Crippen LogP contribution is 2.29. The van der Waals surface area contributed by atoms with Crippen LogP contribution in [0.2, 0.25) is 0 Å². The van der Waals surface area contributed by atoms with E-state index >= 15 is 0 Å². The van der Waals surface area contributed by atoms with Crippen LogP contribution in [0.4, 0.5) is 4.79 Å². The van der Waals surface area contributed by atoms with E-state index < -0.39 is 23.4 Å². The van der Waals surface area contributed by atoms with Crippen LogP contribution in [0.3, 0.4) is 0 Å². The number of carbonyl (C=O) groups is 3. The Morgan fingerprint density at radius 2 is 1.92 bits per heavy atom. The van der Waals surface area contributed by atoms with E-state index in [1.165, 1.54) is 0 Å². The van der Waals surface area contributed by atoms with Crippen molar-refractivity contribution in [1.29, 1.82) is 0 Å². The zero-order valence-electron chi connectivity index (χ0n) is 14.0. The predicted molar refractivity (Wildman–Crippen MR) is 89.3 cm³/mol. The summed E-state index contributed by atoms with van der Waals surface area (Å²) in [6, 6.07) is 12.1. The standard InChI is InChI=1S/C18H19N3O4/c1-12-8-9-14(25-12)18(2)16(23)21(17(24)20-18)11-15(22)19-10-13-6-4-3-5-7-13/h3-9H,10-11H2,1-2H3,(H,19,22)(H,20,24)/t18-/m0/s1. The lowest BCUT2D eigenvalue weighted by Crippen LogP contribution is -2.43. The van der Waals surface area contributed by atoms with Crippen molar-refractivity contribution in [3.05, 3.63) is 59.5 Å². The summed E-state index contributed by atoms with van der Waals surface area (Å²) in [6.45, 7) is 3.31. The van der Waals surface area contributed by atoms with Crippen molar-refractivity contribution in [3.8, 4) is 0 Å². The van der Waals surface area contributed by atoms with Gasteiger partial charge in [-0.2, -0.15) is 0 Å². The quantitative estimate of drug-likeness (QED) is 0.809. The van der Waals surface area contributed by atoms with Crippen LogP contribution in [0.1, 0.15) is 24.0 Å². The van der Waals surface area contributed by atoms with Gasteiger partial charge >= 0.3 is 6.03 Å². The average molecular weight is 341 g/mol. The molecule has 1 aliphatic rings. The highest BCUT2D eigenvalue weighted by Gasteiger charge is 2.51. The number of urea groups is 1. The minimum atomic E-state index is -1.30. The minimum absolute atomic E-state index is 0.331. The van der Waals surface area contributed by atoms with Gasteiger partial charge in [-0.25, -0.2) is 4.79 Å². The SMILES string of the molecule is Cc1ccc([C@]2(C)NC(=O)N(CC(=O)NCc3ccccc3)C2=O)o1. The van der Waals surface area contributed by atoms with Crippen molar-refractivity contribution in [2.75, 3.05) is 6.54 Å². The van der Waals surface area contributed by atoms with Crippen LogP contribution in [0.25, 0.3) is 0 Å². The number of rotatable bonds is 5. The maximum atomic E-state index is 12.7. The van der Waals surface area contributed by atoms with Crippen LogP contribution in [0.15, 0.2) is 46.9 Å². The fraction of sp³-hybridized carbons (Fsp3) is 0.278. The Labute approximate surface area is 145 Å². The van der Waals surface area contributed by atoms with Gasteiger partial charge in [-0.3, -0.25) is 14.5 Å². The number of amides is 4. The second kappa shape index (κ2) is 6.43. The molecule has 0 spiro atoms. The Morgan fingerprint density at radius 3 is 2.56 bits per heavy atom. The van der Waals surface area contributed by atoms with Crippen molar-refractivity contribution < 1.29 is 18.8 Å². The Morgan fingerprint density at radius 1 is 1.20 bits per heavy atom. The largest absolute Gasteiger partial charge is 0.463 e. The number of furan rings is 1. The lowest BCUT2D eigenvalue weighted by atomic mass is 9.99. The number of nitrogens with one attached hydrogen (secondary N) is 2. The smallest absolute Gasteiger partial charge is 0.325 e. The number of aryl methyl sites for hydroxylation is 1. The first-order valence-electron chi connectivity index (χ1n) is 7.92. The number of carbonyl (C=O) groups excluding carboxylic acids is 3. The first kappa shape index (κ1) is 16.8. The summed E-state index contributed by atoms with van der Waals surface area (Å²) < 4.78 is 5.49. The van der Waals surface area contributed by atoms with Crippen LogP contribution < -0.4 is 10.6 Å². The number of hydrogen-bond acceptors (Lipinski definition) is 4. The van der Waals surface area contributed by atoms with E-state index in [2.05, 4.69) is 10.6 Å². The van der Waals surface area contributed by atoms with Crippen LogP contribution in [0.5, 0.6) is 0 Å². The molecule has 25 heavy (non-hydrogen) atoms. The molecule has 130 valence electrons. The highest BCUT2D eigenvalue weighted by molar-refractivity contribution is 6.08. The van der Waals surface area contributed by atoms with E-state index in [4.69, 9.17) is 4.42 Å². The molecule has 1 saturated heterocycles. The summed E-state index contributed by atoms with van der Waals surface area (Å²) in [5, 5.41) is 5.30. The van der Waals surface area contributed by atoms with E-state index in [0.29, 0.717) is 18.1 Å². The summed E-state index contributed by atoms with van der Waals surface area (Å²) in [5.74, 6) is 0.0572. The van der Waals surface area contributed by atoms with Crippen LogP contribution in [-0.2, 0) is 21.7 Å². The molecule has 2 heterocycles. The number of hydrogen-bond donors (Lipinski definition) is 2. The molecule has 1 aromatic heterocycles. The minimum Gasteiger partial charge on any atom is -0.463 e. The Bertz CT molecular complexity index is 815. The normalized spacial score (nSPS) is 19.8. The molecule has 7 heteroatoms. The lowest BCUT2D eigenvalue weighted by molar-refractivity contribution is -0.135. The number of benzene rings is 1. The lowest BCUT2D eigenvalue weighted by Gasteiger charge is -2.19. The third-order valence-electron chi connectivity index (χ3n) is 4.14. The van der Waals surface area contributed by atoms with Gasteiger partial charge in [0.05, 0.1) is 0 Å². The zero-order valence-corrected chi connectivity index (χ0v) is 14.0. The monoisotopic (exact) mass is 341 g/mol. The molecular formula is C18H19N3O4. The van der Waals surface area contributed by atoms with Gasteiger partial charge < -0.3 is 15.1 Å². The van der Waals surface area contributed by atoms with Gasteiger partial charge in [-0.15, -0.1) is 0 Å². The summed E-state index contributed by atoms with van der Waals surface area (Å²) in [7, 11) is 0. The topological polar surface area (TPSA) is 91.7 Å². The molecule has 2 N–H and O–H groups in total. The molecule has 0 bridgehead atoms. The van der Waals surface area contributed by atoms with Crippen molar-refractivity contribution in [2.24, 2.45) is 0 Å². The summed E-state index contributed by atoms with van der Waals surface area (Å²) in [6.07, 6.45) is 0. The maximum Gasteiger partial charge on any atom is 0.325 e. The maximum absolute atomic E-state index is 12.7. The first-order valence-corrected chi connectivity index (χ1v) is 7.92. The van der Waals surface area contributed by atoms with E-state index in [1.807, 2.05) is 30.3 Å². The van der Waals surface area contributed by atoms with Gasteiger partial charge in [0, 0.05) is 6.54 Å². The van der Waals surface area contributed by atoms with Crippen molar-refractivity contribution in [3.63, 3.8) is 0 Å². The fourth-order valence-electron chi connectivity index (χ4n) is 2.71. The Balaban J connectivity index is 1.65. The van der Waals surface area contributed by atoms with E-state index in [-0.39, 0.29) is 6.54 Å². The number of imide groups is 1. The van der Waals surface area contributed by atoms with Gasteiger partial charge in [0.25, 0.3) is 5.91 Å². The highest BCUT2D eigenvalue weighted by atomic mass is 16.3. The van der Waals surface area contributed by atoms with Crippen molar-refractivity contribution in [1.82, 2.24) is 15.5 Å². The molecule has 1 aliphatic heterocycles. The molecule has 1 fully saturated rings. The van der Waals surface area contributed by atoms with Gasteiger partial charge in [-0.05, 0) is 31.5 Å². The predicted octanol–water partition coefficient (Wildman–Crippen LogP) is 1.67. The summed E-state index contributed by atoms with van der Waals surface area (Å²) >= 11 is 0. The third-order valence-corrected chi connectivity index (χ3v) is 4.14. The van der Waals surface area contributed by atoms with Crippen LogP contribution in [-0.4, -0.2) is 29.3 Å². The van der Waals surface area contributed by atoms with Crippen molar-refractivity contribution in [2.45, 2.75) is 25.9 Å². The molecule has 1 aromatic carbocycles. The van der Waals surface area contributed by atoms with Gasteiger partial charge in [0.1, 0.15) is 18.1 Å². The molecule has 2 aromatic rings. The van der Waals surface area contributed by atoms with Gasteiger partial charge in [0.15, 0.2) is 5.54 Å². The Kier molecular flexibility index (Phi) is 4.31. The molecule has 4 amide bonds. The molecule has 0 radical (unpaired) electrons. The third kappa shape index (κ3) is 3.26. The second-order valence-electron chi connectivity index (χ2n) is 6.12. The molecule has 0 saturated carbocycles. The van der Waals surface area contributed by atoms with Crippen LogP contribution >= 0.6 is 0 Å². The second-order valence-corrected chi connectivity index (χ2v) is 6.12.